The first-order valence-corrected chi connectivity index (χ1v) is 6.99. The Morgan fingerprint density at radius 1 is 1.39 bits per heavy atom. The highest BCUT2D eigenvalue weighted by molar-refractivity contribution is 14.0. The van der Waals surface area contributed by atoms with E-state index in [2.05, 4.69) is 34.5 Å². The van der Waals surface area contributed by atoms with Gasteiger partial charge in [0.2, 0.25) is 0 Å². The van der Waals surface area contributed by atoms with Crippen LogP contribution >= 0.6 is 35.3 Å². The number of guanidine groups is 1. The molecule has 0 aliphatic carbocycles. The largest absolute Gasteiger partial charge is 0.356 e. The van der Waals surface area contributed by atoms with E-state index in [0.717, 1.165) is 36.9 Å². The Labute approximate surface area is 131 Å². The molecule has 0 amide bonds. The molecule has 0 spiro atoms. The summed E-state index contributed by atoms with van der Waals surface area (Å²) in [6.07, 6.45) is 5.37. The van der Waals surface area contributed by atoms with Gasteiger partial charge in [-0.15, -0.1) is 35.3 Å². The molecular formula is C12H23IN4S. The number of aryl methyl sites for hydroxylation is 1. The van der Waals surface area contributed by atoms with Crippen molar-refractivity contribution in [3.63, 3.8) is 0 Å². The van der Waals surface area contributed by atoms with Crippen molar-refractivity contribution in [3.8, 4) is 0 Å². The molecule has 0 unspecified atom stereocenters. The maximum Gasteiger partial charge on any atom is 0.191 e. The molecule has 1 aromatic heterocycles. The van der Waals surface area contributed by atoms with E-state index in [-0.39, 0.29) is 24.0 Å². The first-order chi connectivity index (χ1) is 8.30. The van der Waals surface area contributed by atoms with E-state index < -0.39 is 0 Å². The van der Waals surface area contributed by atoms with Gasteiger partial charge in [-0.1, -0.05) is 20.3 Å². The summed E-state index contributed by atoms with van der Waals surface area (Å²) in [5, 5.41) is 7.66. The summed E-state index contributed by atoms with van der Waals surface area (Å²) in [5.41, 5.74) is 0. The second kappa shape index (κ2) is 10.5. The predicted octanol–water partition coefficient (Wildman–Crippen LogP) is 2.79. The van der Waals surface area contributed by atoms with Gasteiger partial charge in [0.15, 0.2) is 5.96 Å². The van der Waals surface area contributed by atoms with Crippen LogP contribution in [-0.4, -0.2) is 24.5 Å². The van der Waals surface area contributed by atoms with E-state index in [1.54, 1.807) is 18.4 Å². The van der Waals surface area contributed by atoms with E-state index in [1.807, 2.05) is 6.20 Å². The van der Waals surface area contributed by atoms with Crippen LogP contribution in [0.2, 0.25) is 0 Å². The van der Waals surface area contributed by atoms with E-state index in [1.165, 1.54) is 11.3 Å². The molecule has 0 fully saturated rings. The predicted molar refractivity (Wildman–Crippen MR) is 90.0 cm³/mol. The smallest absolute Gasteiger partial charge is 0.191 e. The number of nitrogens with one attached hydrogen (secondary N) is 2. The molecule has 0 radical (unpaired) electrons. The van der Waals surface area contributed by atoms with Gasteiger partial charge in [-0.2, -0.15) is 0 Å². The van der Waals surface area contributed by atoms with Crippen molar-refractivity contribution >= 4 is 41.3 Å². The van der Waals surface area contributed by atoms with Gasteiger partial charge in [0.05, 0.1) is 6.54 Å². The number of nitrogens with zero attached hydrogens (tertiary/aromatic N) is 2. The van der Waals surface area contributed by atoms with Crippen molar-refractivity contribution in [2.24, 2.45) is 4.99 Å². The zero-order valence-corrected chi connectivity index (χ0v) is 14.5. The first-order valence-electron chi connectivity index (χ1n) is 6.18. The highest BCUT2D eigenvalue weighted by Crippen LogP contribution is 2.12. The second-order valence-corrected chi connectivity index (χ2v) is 4.98. The third kappa shape index (κ3) is 6.53. The molecule has 0 aromatic carbocycles. The van der Waals surface area contributed by atoms with Crippen LogP contribution in [-0.2, 0) is 13.0 Å². The van der Waals surface area contributed by atoms with Gasteiger partial charge in [0.25, 0.3) is 0 Å². The lowest BCUT2D eigenvalue weighted by Crippen LogP contribution is -2.37. The molecule has 1 heterocycles. The topological polar surface area (TPSA) is 49.3 Å². The highest BCUT2D eigenvalue weighted by atomic mass is 127. The highest BCUT2D eigenvalue weighted by Gasteiger charge is 2.01. The van der Waals surface area contributed by atoms with Gasteiger partial charge in [0, 0.05) is 24.7 Å². The lowest BCUT2D eigenvalue weighted by Gasteiger charge is -2.09. The Bertz CT molecular complexity index is 352. The van der Waals surface area contributed by atoms with Crippen LogP contribution in [0.5, 0.6) is 0 Å². The van der Waals surface area contributed by atoms with E-state index in [0.29, 0.717) is 0 Å². The fourth-order valence-electron chi connectivity index (χ4n) is 1.36. The summed E-state index contributed by atoms with van der Waals surface area (Å²) < 4.78 is 0. The van der Waals surface area contributed by atoms with Crippen molar-refractivity contribution in [1.82, 2.24) is 15.6 Å². The van der Waals surface area contributed by atoms with Gasteiger partial charge in [-0.05, 0) is 12.8 Å². The Morgan fingerprint density at radius 2 is 2.17 bits per heavy atom. The Kier molecular flexibility index (Phi) is 10.3. The molecule has 0 aliphatic rings. The van der Waals surface area contributed by atoms with Gasteiger partial charge in [-0.3, -0.25) is 4.99 Å². The summed E-state index contributed by atoms with van der Waals surface area (Å²) in [7, 11) is 1.79. The third-order valence-electron chi connectivity index (χ3n) is 2.40. The SMILES string of the molecule is CCCCNC(=NC)NCc1ncc(CC)s1.I. The number of hydrogen-bond acceptors (Lipinski definition) is 3. The van der Waals surface area contributed by atoms with Gasteiger partial charge < -0.3 is 10.6 Å². The number of thiazole rings is 1. The summed E-state index contributed by atoms with van der Waals surface area (Å²) in [6, 6.07) is 0. The Morgan fingerprint density at radius 3 is 2.72 bits per heavy atom. The van der Waals surface area contributed by atoms with Crippen molar-refractivity contribution in [1.29, 1.82) is 0 Å². The third-order valence-corrected chi connectivity index (χ3v) is 3.54. The number of rotatable bonds is 6. The molecule has 0 saturated heterocycles. The lowest BCUT2D eigenvalue weighted by molar-refractivity contribution is 0.728. The summed E-state index contributed by atoms with van der Waals surface area (Å²) in [5.74, 6) is 0.853. The number of hydrogen-bond donors (Lipinski definition) is 2. The standard InChI is InChI=1S/C12H22N4S.HI/c1-4-6-7-14-12(13-3)16-9-11-15-8-10(5-2)17-11;/h8H,4-7,9H2,1-3H3,(H2,13,14,16);1H. The van der Waals surface area contributed by atoms with Crippen LogP contribution in [0.4, 0.5) is 0 Å². The Balaban J connectivity index is 0.00000289. The van der Waals surface area contributed by atoms with E-state index in [9.17, 15) is 0 Å². The van der Waals surface area contributed by atoms with Gasteiger partial charge >= 0.3 is 0 Å². The summed E-state index contributed by atoms with van der Waals surface area (Å²) in [4.78, 5) is 9.87. The zero-order chi connectivity index (χ0) is 12.5. The average Bonchev–Trinajstić information content (AvgIpc) is 2.81. The molecule has 104 valence electrons. The molecule has 0 bridgehead atoms. The summed E-state index contributed by atoms with van der Waals surface area (Å²) in [6.45, 7) is 6.04. The lowest BCUT2D eigenvalue weighted by atomic mass is 10.3. The van der Waals surface area contributed by atoms with Crippen molar-refractivity contribution in [2.75, 3.05) is 13.6 Å². The molecule has 4 nitrogen and oxygen atoms in total. The fourth-order valence-corrected chi connectivity index (χ4v) is 2.16. The minimum absolute atomic E-state index is 0. The summed E-state index contributed by atoms with van der Waals surface area (Å²) >= 11 is 1.76. The fraction of sp³-hybridized carbons (Fsp3) is 0.667. The Hall–Kier alpha value is -0.370. The van der Waals surface area contributed by atoms with Crippen LogP contribution in [0.15, 0.2) is 11.2 Å². The number of aliphatic imine (C=N–C) groups is 1. The van der Waals surface area contributed by atoms with Crippen LogP contribution in [0.3, 0.4) is 0 Å². The first kappa shape index (κ1) is 17.6. The average molecular weight is 382 g/mol. The van der Waals surface area contributed by atoms with Crippen molar-refractivity contribution in [2.45, 2.75) is 39.7 Å². The quantitative estimate of drug-likeness (QED) is 0.344. The minimum Gasteiger partial charge on any atom is -0.356 e. The van der Waals surface area contributed by atoms with Crippen molar-refractivity contribution < 1.29 is 0 Å². The molecule has 0 saturated carbocycles. The number of halogens is 1. The van der Waals surface area contributed by atoms with E-state index in [4.69, 9.17) is 0 Å². The van der Waals surface area contributed by atoms with E-state index >= 15 is 0 Å². The van der Waals surface area contributed by atoms with Crippen LogP contribution in [0.1, 0.15) is 36.6 Å². The van der Waals surface area contributed by atoms with Crippen LogP contribution in [0, 0.1) is 0 Å². The molecule has 18 heavy (non-hydrogen) atoms. The maximum absolute atomic E-state index is 4.36. The normalized spacial score (nSPS) is 10.9. The number of unbranched alkanes of at least 4 members (excludes halogenated alkanes) is 1. The molecule has 6 heteroatoms. The zero-order valence-electron chi connectivity index (χ0n) is 11.3. The molecule has 0 atom stereocenters. The molecule has 1 aromatic rings. The molecular weight excluding hydrogens is 359 g/mol. The second-order valence-electron chi connectivity index (χ2n) is 3.78. The monoisotopic (exact) mass is 382 g/mol. The van der Waals surface area contributed by atoms with Crippen molar-refractivity contribution in [3.05, 3.63) is 16.1 Å². The molecule has 1 rings (SSSR count). The van der Waals surface area contributed by atoms with Crippen LogP contribution in [0.25, 0.3) is 0 Å². The number of aromatic nitrogens is 1. The maximum atomic E-state index is 4.36. The van der Waals surface area contributed by atoms with Crippen LogP contribution < -0.4 is 10.6 Å². The molecule has 0 aliphatic heterocycles. The van der Waals surface area contributed by atoms with Gasteiger partial charge in [0.1, 0.15) is 5.01 Å². The molecule has 2 N–H and O–H groups in total. The minimum atomic E-state index is 0. The van der Waals surface area contributed by atoms with Gasteiger partial charge in [-0.25, -0.2) is 4.98 Å².